The van der Waals surface area contributed by atoms with Crippen LogP contribution < -0.4 is 0 Å². The molecule has 1 aromatic carbocycles. The molecule has 0 saturated carbocycles. The predicted molar refractivity (Wildman–Crippen MR) is 123 cm³/mol. The van der Waals surface area contributed by atoms with Crippen molar-refractivity contribution in [3.8, 4) is 0 Å². The topological polar surface area (TPSA) is 63.6 Å². The maximum atomic E-state index is 12.0. The Kier molecular flexibility index (Phi) is 15.3. The smallest absolute Gasteiger partial charge is 0.339 e. The summed E-state index contributed by atoms with van der Waals surface area (Å²) in [7, 11) is 0. The van der Waals surface area contributed by atoms with E-state index in [1.165, 1.54) is 82.8 Å². The molecule has 1 rings (SSSR count). The minimum absolute atomic E-state index is 0.0191. The molecule has 0 aromatic heterocycles. The lowest BCUT2D eigenvalue weighted by atomic mass is 10.1. The van der Waals surface area contributed by atoms with Crippen molar-refractivity contribution in [1.29, 1.82) is 0 Å². The second kappa shape index (κ2) is 17.7. The molecule has 0 atom stereocenters. The molecule has 30 heavy (non-hydrogen) atoms. The van der Waals surface area contributed by atoms with Crippen molar-refractivity contribution in [2.45, 2.75) is 96.8 Å². The molecule has 0 radical (unpaired) electrons. The van der Waals surface area contributed by atoms with Gasteiger partial charge in [-0.3, -0.25) is 0 Å². The number of hydrogen-bond acceptors (Lipinski definition) is 3. The number of allylic oxidation sites excluding steroid dienone is 2. The third-order valence-corrected chi connectivity index (χ3v) is 5.27. The van der Waals surface area contributed by atoms with Crippen molar-refractivity contribution in [2.24, 2.45) is 0 Å². The van der Waals surface area contributed by atoms with E-state index in [9.17, 15) is 9.59 Å². The average molecular weight is 417 g/mol. The summed E-state index contributed by atoms with van der Waals surface area (Å²) < 4.78 is 5.20. The Labute approximate surface area is 182 Å². The maximum Gasteiger partial charge on any atom is 0.339 e. The zero-order chi connectivity index (χ0) is 21.9. The molecule has 0 heterocycles. The predicted octanol–water partition coefficient (Wildman–Crippen LogP) is 7.58. The third kappa shape index (κ3) is 12.5. The molecule has 1 aromatic rings. The van der Waals surface area contributed by atoms with Gasteiger partial charge in [0.1, 0.15) is 0 Å². The van der Waals surface area contributed by atoms with Gasteiger partial charge < -0.3 is 9.84 Å². The van der Waals surface area contributed by atoms with Crippen LogP contribution in [0.3, 0.4) is 0 Å². The highest BCUT2D eigenvalue weighted by Gasteiger charge is 2.16. The van der Waals surface area contributed by atoms with Crippen molar-refractivity contribution in [3.05, 3.63) is 47.5 Å². The lowest BCUT2D eigenvalue weighted by Crippen LogP contribution is -2.12. The van der Waals surface area contributed by atoms with E-state index < -0.39 is 11.9 Å². The molecular formula is C26H40O4. The second-order valence-corrected chi connectivity index (χ2v) is 7.92. The van der Waals surface area contributed by atoms with Gasteiger partial charge in [0, 0.05) is 0 Å². The van der Waals surface area contributed by atoms with Crippen molar-refractivity contribution >= 4 is 11.9 Å². The molecule has 0 aliphatic rings. The number of carbonyl (C=O) groups excluding carboxylic acids is 1. The molecule has 0 saturated heterocycles. The first-order chi connectivity index (χ1) is 14.7. The zero-order valence-electron chi connectivity index (χ0n) is 18.7. The number of esters is 1. The van der Waals surface area contributed by atoms with Crippen LogP contribution >= 0.6 is 0 Å². The van der Waals surface area contributed by atoms with E-state index >= 15 is 0 Å². The quantitative estimate of drug-likeness (QED) is 0.152. The first kappa shape index (κ1) is 25.9. The Morgan fingerprint density at radius 3 is 1.83 bits per heavy atom. The molecule has 0 aliphatic heterocycles. The van der Waals surface area contributed by atoms with Crippen molar-refractivity contribution < 1.29 is 19.4 Å². The molecule has 1 N–H and O–H groups in total. The normalized spacial score (nSPS) is 11.1. The minimum Gasteiger partial charge on any atom is -0.478 e. The average Bonchev–Trinajstić information content (AvgIpc) is 2.75. The number of carboxylic acid groups (broad SMARTS) is 1. The number of ether oxygens (including phenoxy) is 1. The summed E-state index contributed by atoms with van der Waals surface area (Å²) >= 11 is 0. The van der Waals surface area contributed by atoms with Gasteiger partial charge in [-0.15, -0.1) is 0 Å². The first-order valence-corrected chi connectivity index (χ1v) is 11.8. The Balaban J connectivity index is 1.95. The number of hydrogen-bond donors (Lipinski definition) is 1. The molecule has 4 nitrogen and oxygen atoms in total. The van der Waals surface area contributed by atoms with Crippen LogP contribution in [0.2, 0.25) is 0 Å². The van der Waals surface area contributed by atoms with Crippen LogP contribution in [-0.2, 0) is 4.74 Å². The third-order valence-electron chi connectivity index (χ3n) is 5.27. The fourth-order valence-corrected chi connectivity index (χ4v) is 3.45. The highest BCUT2D eigenvalue weighted by Crippen LogP contribution is 2.13. The van der Waals surface area contributed by atoms with Gasteiger partial charge in [0.05, 0.1) is 17.7 Å². The van der Waals surface area contributed by atoms with Crippen molar-refractivity contribution in [1.82, 2.24) is 0 Å². The number of benzene rings is 1. The number of carbonyl (C=O) groups is 2. The highest BCUT2D eigenvalue weighted by atomic mass is 16.5. The van der Waals surface area contributed by atoms with Gasteiger partial charge in [-0.2, -0.15) is 0 Å². The van der Waals surface area contributed by atoms with Gasteiger partial charge in [0.2, 0.25) is 0 Å². The zero-order valence-corrected chi connectivity index (χ0v) is 18.7. The molecule has 4 heteroatoms. The van der Waals surface area contributed by atoms with E-state index in [0.29, 0.717) is 6.61 Å². The van der Waals surface area contributed by atoms with E-state index in [-0.39, 0.29) is 11.1 Å². The van der Waals surface area contributed by atoms with Crippen molar-refractivity contribution in [3.63, 3.8) is 0 Å². The molecule has 168 valence electrons. The van der Waals surface area contributed by atoms with Gasteiger partial charge in [-0.1, -0.05) is 95.4 Å². The summed E-state index contributed by atoms with van der Waals surface area (Å²) in [6.07, 6.45) is 22.1. The molecule has 0 spiro atoms. The standard InChI is InChI=1S/C26H40O4/c1-2-3-4-5-6-7-8-9-10-11-12-13-14-15-16-19-22-30-26(29)24-21-18-17-20-23(24)25(27)28/h14-15,17-18,20-21H,2-13,16,19,22H2,1H3,(H,27,28)/b15-14+. The molecule has 0 amide bonds. The molecule has 0 aliphatic carbocycles. The van der Waals surface area contributed by atoms with Crippen LogP contribution in [0.4, 0.5) is 0 Å². The summed E-state index contributed by atoms with van der Waals surface area (Å²) in [5.41, 5.74) is 0.0893. The first-order valence-electron chi connectivity index (χ1n) is 11.8. The summed E-state index contributed by atoms with van der Waals surface area (Å²) in [6.45, 7) is 2.56. The van der Waals surface area contributed by atoms with E-state index in [4.69, 9.17) is 9.84 Å². The number of unbranched alkanes of at least 4 members (excludes halogenated alkanes) is 12. The van der Waals surface area contributed by atoms with Gasteiger partial charge in [-0.05, 0) is 37.8 Å². The number of rotatable bonds is 18. The van der Waals surface area contributed by atoms with Crippen LogP contribution in [0.25, 0.3) is 0 Å². The summed E-state index contributed by atoms with van der Waals surface area (Å²) in [6, 6.07) is 6.14. The van der Waals surface area contributed by atoms with Crippen LogP contribution in [0.15, 0.2) is 36.4 Å². The van der Waals surface area contributed by atoms with Gasteiger partial charge in [-0.25, -0.2) is 9.59 Å². The minimum atomic E-state index is -1.12. The fraction of sp³-hybridized carbons (Fsp3) is 0.615. The van der Waals surface area contributed by atoms with Crippen LogP contribution in [0.5, 0.6) is 0 Å². The molecular weight excluding hydrogens is 376 g/mol. The van der Waals surface area contributed by atoms with Gasteiger partial charge >= 0.3 is 11.9 Å². The molecule has 0 fully saturated rings. The summed E-state index contributed by atoms with van der Waals surface area (Å²) in [4.78, 5) is 23.2. The summed E-state index contributed by atoms with van der Waals surface area (Å²) in [5.74, 6) is -1.69. The SMILES string of the molecule is CCCCCCCCCCCCC/C=C/CCCOC(=O)c1ccccc1C(=O)O. The van der Waals surface area contributed by atoms with Crippen LogP contribution in [0.1, 0.15) is 118 Å². The summed E-state index contributed by atoms with van der Waals surface area (Å²) in [5, 5.41) is 9.12. The monoisotopic (exact) mass is 416 g/mol. The Morgan fingerprint density at radius 2 is 1.27 bits per heavy atom. The maximum absolute atomic E-state index is 12.0. The Hall–Kier alpha value is -2.10. The molecule has 0 unspecified atom stereocenters. The van der Waals surface area contributed by atoms with Crippen LogP contribution in [0, 0.1) is 0 Å². The van der Waals surface area contributed by atoms with E-state index in [1.54, 1.807) is 12.1 Å². The lowest BCUT2D eigenvalue weighted by Gasteiger charge is -2.06. The Bertz CT molecular complexity index is 621. The van der Waals surface area contributed by atoms with Gasteiger partial charge in [0.25, 0.3) is 0 Å². The van der Waals surface area contributed by atoms with Gasteiger partial charge in [0.15, 0.2) is 0 Å². The number of carboxylic acids is 1. The number of aromatic carboxylic acids is 1. The molecule has 0 bridgehead atoms. The largest absolute Gasteiger partial charge is 0.478 e. The Morgan fingerprint density at radius 1 is 0.767 bits per heavy atom. The fourth-order valence-electron chi connectivity index (χ4n) is 3.45. The van der Waals surface area contributed by atoms with E-state index in [1.807, 2.05) is 0 Å². The second-order valence-electron chi connectivity index (χ2n) is 7.92. The van der Waals surface area contributed by atoms with Crippen LogP contribution in [-0.4, -0.2) is 23.7 Å². The lowest BCUT2D eigenvalue weighted by molar-refractivity contribution is 0.0491. The van der Waals surface area contributed by atoms with Crippen molar-refractivity contribution in [2.75, 3.05) is 6.61 Å². The van der Waals surface area contributed by atoms with E-state index in [2.05, 4.69) is 19.1 Å². The highest BCUT2D eigenvalue weighted by molar-refractivity contribution is 6.02. The van der Waals surface area contributed by atoms with E-state index in [0.717, 1.165) is 19.3 Å².